The second kappa shape index (κ2) is 10.0. The Morgan fingerprint density at radius 1 is 1.21 bits per heavy atom. The van der Waals surface area contributed by atoms with Gasteiger partial charge in [0.15, 0.2) is 5.96 Å². The lowest BCUT2D eigenvalue weighted by molar-refractivity contribution is 0.220. The molecular formula is C19H37N5. The first-order valence-corrected chi connectivity index (χ1v) is 9.62. The minimum absolute atomic E-state index is 0.533. The highest BCUT2D eigenvalue weighted by molar-refractivity contribution is 5.79. The van der Waals surface area contributed by atoms with E-state index < -0.39 is 0 Å². The third kappa shape index (κ3) is 6.44. The highest BCUT2D eigenvalue weighted by Crippen LogP contribution is 2.21. The summed E-state index contributed by atoms with van der Waals surface area (Å²) in [6, 6.07) is 1.32. The minimum Gasteiger partial charge on any atom is -0.355 e. The first-order valence-electron chi connectivity index (χ1n) is 9.62. The van der Waals surface area contributed by atoms with E-state index in [4.69, 9.17) is 0 Å². The van der Waals surface area contributed by atoms with Crippen LogP contribution in [0.1, 0.15) is 45.4 Å². The second-order valence-electron chi connectivity index (χ2n) is 7.57. The van der Waals surface area contributed by atoms with E-state index in [9.17, 15) is 0 Å². The molecule has 1 heterocycles. The van der Waals surface area contributed by atoms with Crippen molar-refractivity contribution in [1.82, 2.24) is 20.4 Å². The van der Waals surface area contributed by atoms with E-state index in [1.807, 2.05) is 7.05 Å². The van der Waals surface area contributed by atoms with Gasteiger partial charge in [0.05, 0.1) is 0 Å². The van der Waals surface area contributed by atoms with Crippen molar-refractivity contribution in [2.75, 3.05) is 46.8 Å². The molecule has 138 valence electrons. The van der Waals surface area contributed by atoms with Crippen molar-refractivity contribution in [2.24, 2.45) is 4.99 Å². The monoisotopic (exact) mass is 335 g/mol. The first kappa shape index (κ1) is 19.3. The van der Waals surface area contributed by atoms with Gasteiger partial charge < -0.3 is 15.5 Å². The fourth-order valence-electron chi connectivity index (χ4n) is 3.88. The number of hydrogen-bond acceptors (Lipinski definition) is 3. The van der Waals surface area contributed by atoms with Crippen molar-refractivity contribution in [3.63, 3.8) is 0 Å². The quantitative estimate of drug-likeness (QED) is 0.425. The topological polar surface area (TPSA) is 42.9 Å². The van der Waals surface area contributed by atoms with Crippen LogP contribution in [-0.2, 0) is 0 Å². The van der Waals surface area contributed by atoms with E-state index in [1.165, 1.54) is 44.1 Å². The molecule has 5 nitrogen and oxygen atoms in total. The molecule has 2 aliphatic rings. The number of guanidine groups is 1. The van der Waals surface area contributed by atoms with Gasteiger partial charge in [-0.25, -0.2) is 0 Å². The standard InChI is InChI=1S/C19H37N5/c1-16(2)15-24-12-9-17(10-13-24)22-19(20-3)21-11-14-23(4)18-7-5-6-8-18/h17-18H,1,5-15H2,2-4H3,(H2,20,21,22). The molecule has 1 aliphatic heterocycles. The van der Waals surface area contributed by atoms with Crippen molar-refractivity contribution < 1.29 is 0 Å². The molecule has 0 aromatic rings. The smallest absolute Gasteiger partial charge is 0.191 e. The Bertz CT molecular complexity index is 406. The Labute approximate surface area is 148 Å². The summed E-state index contributed by atoms with van der Waals surface area (Å²) >= 11 is 0. The summed E-state index contributed by atoms with van der Waals surface area (Å²) in [7, 11) is 4.12. The van der Waals surface area contributed by atoms with Gasteiger partial charge in [-0.2, -0.15) is 0 Å². The summed E-state index contributed by atoms with van der Waals surface area (Å²) in [4.78, 5) is 9.39. The molecule has 0 radical (unpaired) electrons. The Morgan fingerprint density at radius 3 is 2.46 bits per heavy atom. The molecule has 0 bridgehead atoms. The lowest BCUT2D eigenvalue weighted by Gasteiger charge is -2.33. The highest BCUT2D eigenvalue weighted by atomic mass is 15.2. The molecular weight excluding hydrogens is 298 g/mol. The van der Waals surface area contributed by atoms with Crippen LogP contribution in [0.5, 0.6) is 0 Å². The number of rotatable bonds is 7. The van der Waals surface area contributed by atoms with E-state index in [1.54, 1.807) is 0 Å². The number of nitrogens with one attached hydrogen (secondary N) is 2. The van der Waals surface area contributed by atoms with Crippen molar-refractivity contribution in [1.29, 1.82) is 0 Å². The maximum Gasteiger partial charge on any atom is 0.191 e. The van der Waals surface area contributed by atoms with Gasteiger partial charge in [-0.15, -0.1) is 0 Å². The van der Waals surface area contributed by atoms with Gasteiger partial charge in [0.1, 0.15) is 0 Å². The molecule has 2 rings (SSSR count). The maximum absolute atomic E-state index is 4.39. The predicted octanol–water partition coefficient (Wildman–Crippen LogP) is 2.07. The van der Waals surface area contributed by atoms with Crippen molar-refractivity contribution >= 4 is 5.96 Å². The van der Waals surface area contributed by atoms with Crippen LogP contribution in [-0.4, -0.2) is 74.7 Å². The van der Waals surface area contributed by atoms with E-state index in [0.717, 1.165) is 44.7 Å². The van der Waals surface area contributed by atoms with E-state index in [2.05, 4.69) is 46.0 Å². The molecule has 0 aromatic heterocycles. The summed E-state index contributed by atoms with van der Waals surface area (Å²) in [5.41, 5.74) is 1.25. The zero-order valence-electron chi connectivity index (χ0n) is 16.0. The molecule has 0 amide bonds. The fraction of sp³-hybridized carbons (Fsp3) is 0.842. The van der Waals surface area contributed by atoms with Gasteiger partial charge in [0.2, 0.25) is 0 Å². The van der Waals surface area contributed by atoms with Crippen LogP contribution in [0.15, 0.2) is 17.1 Å². The van der Waals surface area contributed by atoms with Crippen LogP contribution < -0.4 is 10.6 Å². The third-order valence-electron chi connectivity index (χ3n) is 5.35. The van der Waals surface area contributed by atoms with Crippen LogP contribution in [0, 0.1) is 0 Å². The Balaban J connectivity index is 1.63. The molecule has 0 aromatic carbocycles. The molecule has 0 spiro atoms. The molecule has 1 saturated heterocycles. The van der Waals surface area contributed by atoms with E-state index in [-0.39, 0.29) is 0 Å². The van der Waals surface area contributed by atoms with Crippen LogP contribution in [0.3, 0.4) is 0 Å². The van der Waals surface area contributed by atoms with E-state index in [0.29, 0.717) is 6.04 Å². The molecule has 2 N–H and O–H groups in total. The Hall–Kier alpha value is -1.07. The van der Waals surface area contributed by atoms with Crippen LogP contribution in [0.25, 0.3) is 0 Å². The third-order valence-corrected chi connectivity index (χ3v) is 5.35. The zero-order valence-corrected chi connectivity index (χ0v) is 16.0. The van der Waals surface area contributed by atoms with Crippen LogP contribution in [0.2, 0.25) is 0 Å². The number of nitrogens with zero attached hydrogens (tertiary/aromatic N) is 3. The SMILES string of the molecule is C=C(C)CN1CCC(NC(=NC)NCCN(C)C2CCCC2)CC1. The van der Waals surface area contributed by atoms with Gasteiger partial charge in [0, 0.05) is 51.9 Å². The lowest BCUT2D eigenvalue weighted by atomic mass is 10.0. The Morgan fingerprint density at radius 2 is 1.88 bits per heavy atom. The molecule has 1 aliphatic carbocycles. The van der Waals surface area contributed by atoms with Gasteiger partial charge in [0.25, 0.3) is 0 Å². The summed E-state index contributed by atoms with van der Waals surface area (Å²) in [6.07, 6.45) is 7.88. The highest BCUT2D eigenvalue weighted by Gasteiger charge is 2.21. The normalized spacial score (nSPS) is 21.4. The van der Waals surface area contributed by atoms with Crippen LogP contribution >= 0.6 is 0 Å². The van der Waals surface area contributed by atoms with E-state index >= 15 is 0 Å². The number of likely N-dealkylation sites (N-methyl/N-ethyl adjacent to an activating group) is 1. The molecule has 24 heavy (non-hydrogen) atoms. The molecule has 5 heteroatoms. The van der Waals surface area contributed by atoms with Crippen molar-refractivity contribution in [2.45, 2.75) is 57.5 Å². The average molecular weight is 336 g/mol. The maximum atomic E-state index is 4.39. The fourth-order valence-corrected chi connectivity index (χ4v) is 3.88. The molecule has 2 fully saturated rings. The van der Waals surface area contributed by atoms with Gasteiger partial charge >= 0.3 is 0 Å². The van der Waals surface area contributed by atoms with Crippen molar-refractivity contribution in [3.8, 4) is 0 Å². The molecule has 1 saturated carbocycles. The zero-order chi connectivity index (χ0) is 17.4. The number of piperidine rings is 1. The second-order valence-corrected chi connectivity index (χ2v) is 7.57. The molecule has 0 unspecified atom stereocenters. The predicted molar refractivity (Wildman–Crippen MR) is 104 cm³/mol. The Kier molecular flexibility index (Phi) is 8.06. The van der Waals surface area contributed by atoms with Gasteiger partial charge in [-0.1, -0.05) is 25.0 Å². The number of likely N-dealkylation sites (tertiary alicyclic amines) is 1. The average Bonchev–Trinajstić information content (AvgIpc) is 3.09. The first-order chi connectivity index (χ1) is 11.6. The largest absolute Gasteiger partial charge is 0.355 e. The summed E-state index contributed by atoms with van der Waals surface area (Å²) in [5, 5.41) is 7.08. The van der Waals surface area contributed by atoms with Gasteiger partial charge in [-0.05, 0) is 39.7 Å². The van der Waals surface area contributed by atoms with Gasteiger partial charge in [-0.3, -0.25) is 9.89 Å². The molecule has 0 atom stereocenters. The summed E-state index contributed by atoms with van der Waals surface area (Å²) in [6.45, 7) is 11.5. The number of hydrogen-bond donors (Lipinski definition) is 2. The van der Waals surface area contributed by atoms with Crippen LogP contribution in [0.4, 0.5) is 0 Å². The minimum atomic E-state index is 0.533. The summed E-state index contributed by atoms with van der Waals surface area (Å²) < 4.78 is 0. The lowest BCUT2D eigenvalue weighted by Crippen LogP contribution is -2.50. The summed E-state index contributed by atoms with van der Waals surface area (Å²) in [5.74, 6) is 0.952. The number of aliphatic imine (C=N–C) groups is 1. The van der Waals surface area contributed by atoms with Crippen molar-refractivity contribution in [3.05, 3.63) is 12.2 Å².